The van der Waals surface area contributed by atoms with Gasteiger partial charge in [0.1, 0.15) is 0 Å². The number of benzene rings is 2. The highest BCUT2D eigenvalue weighted by Crippen LogP contribution is 2.39. The summed E-state index contributed by atoms with van der Waals surface area (Å²) in [6.07, 6.45) is 8.14. The standard InChI is InChI=1S/C25H30ClNS/c1-4-17(2)13-19-5-7-20(8-6-19)21-9-11-22(12-10-21)23-14-18(3)25(27-16-28)24(26)15-23/h9-12,14-15,17,19-20H,4-8,13H2,1-3H3. The summed E-state index contributed by atoms with van der Waals surface area (Å²) >= 11 is 11.1. The zero-order chi connectivity index (χ0) is 20.1. The molecular weight excluding hydrogens is 382 g/mol. The molecule has 2 aromatic carbocycles. The van der Waals surface area contributed by atoms with Crippen molar-refractivity contribution < 1.29 is 0 Å². The number of aliphatic imine (C=N–C) groups is 1. The predicted octanol–water partition coefficient (Wildman–Crippen LogP) is 8.76. The van der Waals surface area contributed by atoms with E-state index in [1.807, 2.05) is 13.0 Å². The van der Waals surface area contributed by atoms with Crippen LogP contribution >= 0.6 is 23.8 Å². The molecule has 1 aliphatic carbocycles. The lowest BCUT2D eigenvalue weighted by Gasteiger charge is -2.30. The van der Waals surface area contributed by atoms with Gasteiger partial charge in [0.15, 0.2) is 0 Å². The fraction of sp³-hybridized carbons (Fsp3) is 0.480. The first-order chi connectivity index (χ1) is 13.5. The Balaban J connectivity index is 1.69. The third-order valence-corrected chi connectivity index (χ3v) is 6.79. The molecule has 1 fully saturated rings. The summed E-state index contributed by atoms with van der Waals surface area (Å²) in [5, 5.41) is 3.03. The van der Waals surface area contributed by atoms with Crippen molar-refractivity contribution in [2.24, 2.45) is 16.8 Å². The second-order valence-electron chi connectivity index (χ2n) is 8.42. The van der Waals surface area contributed by atoms with Crippen LogP contribution in [0, 0.1) is 18.8 Å². The molecule has 3 rings (SSSR count). The average Bonchev–Trinajstić information content (AvgIpc) is 2.71. The molecule has 0 amide bonds. The summed E-state index contributed by atoms with van der Waals surface area (Å²) in [5.41, 5.74) is 5.52. The number of aryl methyl sites for hydroxylation is 1. The Hall–Kier alpha value is -1.47. The maximum Gasteiger partial charge on any atom is 0.0955 e. The van der Waals surface area contributed by atoms with Crippen LogP contribution in [0.15, 0.2) is 41.4 Å². The third kappa shape index (κ3) is 5.11. The van der Waals surface area contributed by atoms with Gasteiger partial charge in [0.05, 0.1) is 15.9 Å². The summed E-state index contributed by atoms with van der Waals surface area (Å²) < 4.78 is 0. The van der Waals surface area contributed by atoms with E-state index in [1.54, 1.807) is 0 Å². The van der Waals surface area contributed by atoms with Gasteiger partial charge in [-0.25, -0.2) is 0 Å². The summed E-state index contributed by atoms with van der Waals surface area (Å²) in [4.78, 5) is 4.08. The first-order valence-corrected chi connectivity index (χ1v) is 11.3. The predicted molar refractivity (Wildman–Crippen MR) is 125 cm³/mol. The van der Waals surface area contributed by atoms with E-state index in [0.717, 1.165) is 23.0 Å². The largest absolute Gasteiger partial charge is 0.193 e. The maximum absolute atomic E-state index is 6.40. The number of halogens is 1. The van der Waals surface area contributed by atoms with Crippen molar-refractivity contribution in [3.63, 3.8) is 0 Å². The molecule has 0 radical (unpaired) electrons. The molecule has 0 aliphatic heterocycles. The molecule has 1 atom stereocenters. The van der Waals surface area contributed by atoms with E-state index in [2.05, 4.69) is 54.3 Å². The lowest BCUT2D eigenvalue weighted by molar-refractivity contribution is 0.273. The minimum absolute atomic E-state index is 0.621. The molecule has 0 N–H and O–H groups in total. The summed E-state index contributed by atoms with van der Waals surface area (Å²) in [6.45, 7) is 6.71. The Morgan fingerprint density at radius 2 is 1.79 bits per heavy atom. The van der Waals surface area contributed by atoms with Gasteiger partial charge in [0.2, 0.25) is 0 Å². The van der Waals surface area contributed by atoms with Crippen molar-refractivity contribution in [2.45, 2.75) is 65.2 Å². The summed E-state index contributed by atoms with van der Waals surface area (Å²) in [7, 11) is 0. The Labute approximate surface area is 180 Å². The van der Waals surface area contributed by atoms with E-state index >= 15 is 0 Å². The van der Waals surface area contributed by atoms with E-state index in [0.29, 0.717) is 16.6 Å². The van der Waals surface area contributed by atoms with Gasteiger partial charge in [0.25, 0.3) is 0 Å². The van der Waals surface area contributed by atoms with Crippen molar-refractivity contribution in [3.8, 4) is 11.1 Å². The normalized spacial score (nSPS) is 20.4. The van der Waals surface area contributed by atoms with Crippen molar-refractivity contribution in [3.05, 3.63) is 52.5 Å². The molecule has 1 saturated carbocycles. The average molecular weight is 412 g/mol. The van der Waals surface area contributed by atoms with Gasteiger partial charge in [0, 0.05) is 0 Å². The number of isothiocyanates is 1. The minimum atomic E-state index is 0.621. The lowest BCUT2D eigenvalue weighted by Crippen LogP contribution is -2.15. The van der Waals surface area contributed by atoms with E-state index < -0.39 is 0 Å². The number of nitrogens with zero attached hydrogens (tertiary/aromatic N) is 1. The molecule has 1 unspecified atom stereocenters. The monoisotopic (exact) mass is 411 g/mol. The van der Waals surface area contributed by atoms with Crippen LogP contribution in [0.1, 0.15) is 69.4 Å². The quantitative estimate of drug-likeness (QED) is 0.341. The first kappa shape index (κ1) is 21.2. The third-order valence-electron chi connectivity index (χ3n) is 6.41. The smallest absolute Gasteiger partial charge is 0.0955 e. The molecule has 148 valence electrons. The molecule has 1 aliphatic rings. The summed E-state index contributed by atoms with van der Waals surface area (Å²) in [6, 6.07) is 13.2. The minimum Gasteiger partial charge on any atom is -0.193 e. The van der Waals surface area contributed by atoms with Crippen LogP contribution in [-0.4, -0.2) is 5.16 Å². The Kier molecular flexibility index (Phi) is 7.46. The molecule has 0 heterocycles. The fourth-order valence-corrected chi connectivity index (χ4v) is 4.91. The van der Waals surface area contributed by atoms with Gasteiger partial charge in [-0.2, -0.15) is 4.99 Å². The molecular formula is C25H30ClNS. The second kappa shape index (κ2) is 9.83. The van der Waals surface area contributed by atoms with Crippen LogP contribution in [0.5, 0.6) is 0 Å². The molecule has 0 saturated heterocycles. The number of rotatable bonds is 6. The molecule has 0 aromatic heterocycles. The van der Waals surface area contributed by atoms with Gasteiger partial charge in [-0.1, -0.05) is 56.1 Å². The van der Waals surface area contributed by atoms with Crippen molar-refractivity contribution >= 4 is 34.7 Å². The maximum atomic E-state index is 6.40. The first-order valence-electron chi connectivity index (χ1n) is 10.5. The summed E-state index contributed by atoms with van der Waals surface area (Å²) in [5.74, 6) is 2.52. The highest BCUT2D eigenvalue weighted by atomic mass is 35.5. The fourth-order valence-electron chi connectivity index (χ4n) is 4.51. The highest BCUT2D eigenvalue weighted by molar-refractivity contribution is 7.78. The molecule has 0 spiro atoms. The lowest BCUT2D eigenvalue weighted by atomic mass is 9.75. The number of hydrogen-bond donors (Lipinski definition) is 0. The van der Waals surface area contributed by atoms with Crippen LogP contribution in [0.25, 0.3) is 11.1 Å². The SMILES string of the molecule is CCC(C)CC1CCC(c2ccc(-c3cc(C)c(N=C=S)c(Cl)c3)cc2)CC1. The van der Waals surface area contributed by atoms with E-state index in [4.69, 9.17) is 23.8 Å². The van der Waals surface area contributed by atoms with Gasteiger partial charge in [-0.15, -0.1) is 0 Å². The van der Waals surface area contributed by atoms with E-state index in [-0.39, 0.29) is 0 Å². The topological polar surface area (TPSA) is 12.4 Å². The molecule has 0 bridgehead atoms. The number of thiocarbonyl (C=S) groups is 1. The molecule has 2 aromatic rings. The van der Waals surface area contributed by atoms with Crippen LogP contribution < -0.4 is 0 Å². The zero-order valence-electron chi connectivity index (χ0n) is 17.2. The van der Waals surface area contributed by atoms with Crippen molar-refractivity contribution in [2.75, 3.05) is 0 Å². The van der Waals surface area contributed by atoms with Gasteiger partial charge in [-0.05, 0) is 103 Å². The Morgan fingerprint density at radius 3 is 2.36 bits per heavy atom. The van der Waals surface area contributed by atoms with E-state index in [9.17, 15) is 0 Å². The second-order valence-corrected chi connectivity index (χ2v) is 9.01. The zero-order valence-corrected chi connectivity index (χ0v) is 18.7. The van der Waals surface area contributed by atoms with Crippen molar-refractivity contribution in [1.82, 2.24) is 0 Å². The molecule has 3 heteroatoms. The van der Waals surface area contributed by atoms with Crippen LogP contribution in [0.2, 0.25) is 5.02 Å². The molecule has 1 nitrogen and oxygen atoms in total. The Morgan fingerprint density at radius 1 is 1.11 bits per heavy atom. The van der Waals surface area contributed by atoms with Gasteiger partial charge in [-0.3, -0.25) is 0 Å². The van der Waals surface area contributed by atoms with Crippen molar-refractivity contribution in [1.29, 1.82) is 0 Å². The van der Waals surface area contributed by atoms with Crippen LogP contribution in [-0.2, 0) is 0 Å². The Bertz CT molecular complexity index is 820. The van der Waals surface area contributed by atoms with Gasteiger partial charge < -0.3 is 0 Å². The van der Waals surface area contributed by atoms with E-state index in [1.165, 1.54) is 49.7 Å². The highest BCUT2D eigenvalue weighted by Gasteiger charge is 2.23. The van der Waals surface area contributed by atoms with Crippen LogP contribution in [0.4, 0.5) is 5.69 Å². The molecule has 28 heavy (non-hydrogen) atoms. The number of hydrogen-bond acceptors (Lipinski definition) is 2. The van der Waals surface area contributed by atoms with Gasteiger partial charge >= 0.3 is 0 Å². The van der Waals surface area contributed by atoms with Crippen LogP contribution in [0.3, 0.4) is 0 Å².